The van der Waals surface area contributed by atoms with E-state index in [2.05, 4.69) is 15.9 Å². The number of carboxylic acids is 1. The standard InChI is InChI=1S/C26H23BrFNO4/c1-15(2)29(24(25(30)31)21-13-16(28)11-12-23(21)27)26(32)33-14-22-19-9-5-3-7-17(19)18-8-4-6-10-20(18)22/h3-13,15,22,24H,14H2,1-2H3,(H,30,31). The number of carboxylic acid groups (broad SMARTS) is 1. The van der Waals surface area contributed by atoms with Gasteiger partial charge < -0.3 is 9.84 Å². The number of ether oxygens (including phenoxy) is 1. The van der Waals surface area contributed by atoms with Gasteiger partial charge in [-0.3, -0.25) is 4.90 Å². The molecule has 0 heterocycles. The average molecular weight is 512 g/mol. The summed E-state index contributed by atoms with van der Waals surface area (Å²) in [5.41, 5.74) is 4.46. The summed E-state index contributed by atoms with van der Waals surface area (Å²) in [5, 5.41) is 9.96. The molecule has 7 heteroatoms. The number of benzene rings is 3. The van der Waals surface area contributed by atoms with Crippen molar-refractivity contribution in [2.75, 3.05) is 6.61 Å². The minimum Gasteiger partial charge on any atom is -0.479 e. The first-order chi connectivity index (χ1) is 15.8. The van der Waals surface area contributed by atoms with Crippen LogP contribution in [0.25, 0.3) is 11.1 Å². The van der Waals surface area contributed by atoms with Crippen molar-refractivity contribution in [2.24, 2.45) is 0 Å². The number of carbonyl (C=O) groups is 2. The predicted octanol–water partition coefficient (Wildman–Crippen LogP) is 6.37. The summed E-state index contributed by atoms with van der Waals surface area (Å²) in [5.74, 6) is -2.02. The van der Waals surface area contributed by atoms with Crippen LogP contribution in [0, 0.1) is 5.82 Å². The van der Waals surface area contributed by atoms with Gasteiger partial charge >= 0.3 is 12.1 Å². The van der Waals surface area contributed by atoms with Gasteiger partial charge in [0.25, 0.3) is 0 Å². The maximum atomic E-state index is 13.9. The molecule has 5 nitrogen and oxygen atoms in total. The van der Waals surface area contributed by atoms with E-state index in [1.807, 2.05) is 48.5 Å². The van der Waals surface area contributed by atoms with Crippen LogP contribution in [-0.4, -0.2) is 34.7 Å². The molecule has 1 atom stereocenters. The summed E-state index contributed by atoms with van der Waals surface area (Å²) in [6.07, 6.45) is -0.768. The third-order valence-electron chi connectivity index (χ3n) is 5.87. The Bertz CT molecular complexity index is 1170. The molecule has 0 aliphatic heterocycles. The monoisotopic (exact) mass is 511 g/mol. The topological polar surface area (TPSA) is 66.8 Å². The highest BCUT2D eigenvalue weighted by molar-refractivity contribution is 9.10. The van der Waals surface area contributed by atoms with E-state index >= 15 is 0 Å². The first kappa shape index (κ1) is 23.0. The molecule has 4 rings (SSSR count). The summed E-state index contributed by atoms with van der Waals surface area (Å²) in [6.45, 7) is 3.46. The Labute approximate surface area is 199 Å². The number of carbonyl (C=O) groups excluding carboxylic acids is 1. The molecule has 0 bridgehead atoms. The van der Waals surface area contributed by atoms with Crippen LogP contribution in [0.5, 0.6) is 0 Å². The van der Waals surface area contributed by atoms with E-state index in [0.717, 1.165) is 33.2 Å². The number of fused-ring (bicyclic) bond motifs is 3. The molecule has 3 aromatic carbocycles. The molecule has 1 aliphatic rings. The van der Waals surface area contributed by atoms with Gasteiger partial charge in [-0.25, -0.2) is 14.0 Å². The maximum absolute atomic E-state index is 13.9. The predicted molar refractivity (Wildman–Crippen MR) is 127 cm³/mol. The number of hydrogen-bond acceptors (Lipinski definition) is 3. The van der Waals surface area contributed by atoms with Gasteiger partial charge in [0.1, 0.15) is 12.4 Å². The third-order valence-corrected chi connectivity index (χ3v) is 6.59. The minimum absolute atomic E-state index is 0.0622. The second-order valence-corrected chi connectivity index (χ2v) is 9.07. The van der Waals surface area contributed by atoms with Gasteiger partial charge in [-0.2, -0.15) is 0 Å². The van der Waals surface area contributed by atoms with Gasteiger partial charge in [-0.1, -0.05) is 64.5 Å². The molecule has 1 unspecified atom stereocenters. The van der Waals surface area contributed by atoms with Crippen LogP contribution in [0.3, 0.4) is 0 Å². The fourth-order valence-electron chi connectivity index (χ4n) is 4.41. The van der Waals surface area contributed by atoms with E-state index in [-0.39, 0.29) is 18.1 Å². The van der Waals surface area contributed by atoms with E-state index < -0.39 is 30.0 Å². The van der Waals surface area contributed by atoms with E-state index in [1.54, 1.807) is 13.8 Å². The van der Waals surface area contributed by atoms with Gasteiger partial charge in [0.15, 0.2) is 6.04 Å². The molecule has 1 N–H and O–H groups in total. The van der Waals surface area contributed by atoms with Gasteiger partial charge in [-0.05, 0) is 54.3 Å². The highest BCUT2D eigenvalue weighted by Crippen LogP contribution is 2.44. The molecule has 1 aliphatic carbocycles. The highest BCUT2D eigenvalue weighted by atomic mass is 79.9. The molecule has 0 radical (unpaired) electrons. The highest BCUT2D eigenvalue weighted by Gasteiger charge is 2.37. The lowest BCUT2D eigenvalue weighted by Crippen LogP contribution is -2.44. The smallest absolute Gasteiger partial charge is 0.411 e. The lowest BCUT2D eigenvalue weighted by atomic mass is 9.98. The van der Waals surface area contributed by atoms with E-state index in [9.17, 15) is 19.1 Å². The Kier molecular flexibility index (Phi) is 6.51. The zero-order valence-electron chi connectivity index (χ0n) is 18.2. The third kappa shape index (κ3) is 4.37. The SMILES string of the molecule is CC(C)N(C(=O)OCC1c2ccccc2-c2ccccc21)C(C(=O)O)c1cc(F)ccc1Br. The Balaban J connectivity index is 1.62. The number of rotatable bonds is 6. The van der Waals surface area contributed by atoms with Crippen molar-refractivity contribution in [2.45, 2.75) is 31.8 Å². The van der Waals surface area contributed by atoms with Gasteiger partial charge in [-0.15, -0.1) is 0 Å². The minimum atomic E-state index is -1.41. The van der Waals surface area contributed by atoms with Crippen molar-refractivity contribution in [3.05, 3.63) is 93.7 Å². The summed E-state index contributed by atoms with van der Waals surface area (Å²) in [6, 6.07) is 17.8. The van der Waals surface area contributed by atoms with Crippen molar-refractivity contribution in [3.63, 3.8) is 0 Å². The van der Waals surface area contributed by atoms with Crippen LogP contribution >= 0.6 is 15.9 Å². The van der Waals surface area contributed by atoms with Crippen molar-refractivity contribution >= 4 is 28.0 Å². The zero-order chi connectivity index (χ0) is 23.7. The maximum Gasteiger partial charge on any atom is 0.411 e. The van der Waals surface area contributed by atoms with Crippen LogP contribution in [-0.2, 0) is 9.53 Å². The molecule has 3 aromatic rings. The Morgan fingerprint density at radius 2 is 1.61 bits per heavy atom. The van der Waals surface area contributed by atoms with Crippen LogP contribution in [0.2, 0.25) is 0 Å². The van der Waals surface area contributed by atoms with Crippen molar-refractivity contribution < 1.29 is 23.8 Å². The fraction of sp³-hybridized carbons (Fsp3) is 0.231. The van der Waals surface area contributed by atoms with Crippen LogP contribution < -0.4 is 0 Å². The number of nitrogens with zero attached hydrogens (tertiary/aromatic N) is 1. The number of hydrogen-bond donors (Lipinski definition) is 1. The second-order valence-electron chi connectivity index (χ2n) is 8.21. The van der Waals surface area contributed by atoms with Crippen LogP contribution in [0.1, 0.15) is 42.5 Å². The average Bonchev–Trinajstić information content (AvgIpc) is 3.11. The lowest BCUT2D eigenvalue weighted by Gasteiger charge is -2.32. The van der Waals surface area contributed by atoms with E-state index in [1.165, 1.54) is 12.1 Å². The van der Waals surface area contributed by atoms with Gasteiger partial charge in [0.2, 0.25) is 0 Å². The molecule has 0 saturated carbocycles. The zero-order valence-corrected chi connectivity index (χ0v) is 19.8. The summed E-state index contributed by atoms with van der Waals surface area (Å²) in [4.78, 5) is 26.6. The van der Waals surface area contributed by atoms with Gasteiger partial charge in [0.05, 0.1) is 0 Å². The molecule has 0 aromatic heterocycles. The van der Waals surface area contributed by atoms with Crippen molar-refractivity contribution in [1.29, 1.82) is 0 Å². The largest absolute Gasteiger partial charge is 0.479 e. The second kappa shape index (κ2) is 9.35. The van der Waals surface area contributed by atoms with Gasteiger partial charge in [0, 0.05) is 22.0 Å². The Hall–Kier alpha value is -3.19. The van der Waals surface area contributed by atoms with Crippen molar-refractivity contribution in [1.82, 2.24) is 4.90 Å². The molecule has 0 fully saturated rings. The van der Waals surface area contributed by atoms with E-state index in [0.29, 0.717) is 4.47 Å². The fourth-order valence-corrected chi connectivity index (χ4v) is 4.87. The van der Waals surface area contributed by atoms with Crippen LogP contribution in [0.15, 0.2) is 71.2 Å². The molecule has 0 spiro atoms. The normalized spacial score (nSPS) is 13.4. The Morgan fingerprint density at radius 1 is 1.03 bits per heavy atom. The number of aliphatic carboxylic acids is 1. The molecule has 170 valence electrons. The summed E-state index contributed by atoms with van der Waals surface area (Å²) < 4.78 is 20.0. The summed E-state index contributed by atoms with van der Waals surface area (Å²) in [7, 11) is 0. The van der Waals surface area contributed by atoms with Crippen LogP contribution in [0.4, 0.5) is 9.18 Å². The Morgan fingerprint density at radius 3 is 2.15 bits per heavy atom. The molecule has 0 saturated heterocycles. The number of halogens is 2. The molecule has 33 heavy (non-hydrogen) atoms. The quantitative estimate of drug-likeness (QED) is 0.417. The molecular weight excluding hydrogens is 489 g/mol. The first-order valence-corrected chi connectivity index (χ1v) is 11.4. The van der Waals surface area contributed by atoms with Crippen molar-refractivity contribution in [3.8, 4) is 11.1 Å². The molecule has 1 amide bonds. The lowest BCUT2D eigenvalue weighted by molar-refractivity contribution is -0.143. The first-order valence-electron chi connectivity index (χ1n) is 10.6. The molecular formula is C26H23BrFNO4. The summed E-state index contributed by atoms with van der Waals surface area (Å²) >= 11 is 3.29. The van der Waals surface area contributed by atoms with E-state index in [4.69, 9.17) is 4.74 Å². The number of amides is 1.